The molecule has 1 fully saturated rings. The van der Waals surface area contributed by atoms with Gasteiger partial charge in [0, 0.05) is 5.69 Å². The highest BCUT2D eigenvalue weighted by Gasteiger charge is 2.35. The first-order chi connectivity index (χ1) is 7.02. The molecule has 5 heteroatoms. The van der Waals surface area contributed by atoms with E-state index in [0.717, 1.165) is 12.1 Å². The van der Waals surface area contributed by atoms with Crippen molar-refractivity contribution in [3.8, 4) is 6.07 Å². The Balaban J connectivity index is 2.16. The van der Waals surface area contributed by atoms with E-state index >= 15 is 0 Å². The summed E-state index contributed by atoms with van der Waals surface area (Å²) in [5, 5.41) is 8.55. The molecule has 0 radical (unpaired) electrons. The summed E-state index contributed by atoms with van der Waals surface area (Å²) in [6, 6.07) is 6.69. The van der Waals surface area contributed by atoms with E-state index in [2.05, 4.69) is 0 Å². The van der Waals surface area contributed by atoms with E-state index in [1.807, 2.05) is 6.07 Å². The summed E-state index contributed by atoms with van der Waals surface area (Å²) in [5.74, 6) is 0. The highest BCUT2D eigenvalue weighted by Crippen LogP contribution is 2.33. The molecule has 0 spiro atoms. The molecule has 0 amide bonds. The minimum absolute atomic E-state index is 0.179. The first kappa shape index (κ1) is 9.84. The van der Waals surface area contributed by atoms with Crippen molar-refractivity contribution in [1.29, 1.82) is 5.26 Å². The van der Waals surface area contributed by atoms with E-state index < -0.39 is 11.7 Å². The van der Waals surface area contributed by atoms with Gasteiger partial charge in [0.1, 0.15) is 6.04 Å². The summed E-state index contributed by atoms with van der Waals surface area (Å²) in [4.78, 5) is 1.74. The third kappa shape index (κ3) is 1.89. The lowest BCUT2D eigenvalue weighted by Gasteiger charge is -2.08. The van der Waals surface area contributed by atoms with Crippen LogP contribution in [-0.2, 0) is 6.18 Å². The molecule has 1 saturated heterocycles. The molecular formula is C10H7F3N2. The maximum absolute atomic E-state index is 12.2. The molecule has 0 unspecified atom stereocenters. The lowest BCUT2D eigenvalue weighted by Crippen LogP contribution is -2.05. The van der Waals surface area contributed by atoms with Crippen LogP contribution in [-0.4, -0.2) is 12.6 Å². The second kappa shape index (κ2) is 3.16. The SMILES string of the molecule is N#C[C@H]1CN1c1ccc(C(F)(F)F)cc1. The van der Waals surface area contributed by atoms with Crippen LogP contribution in [0.25, 0.3) is 0 Å². The topological polar surface area (TPSA) is 26.8 Å². The van der Waals surface area contributed by atoms with Crippen molar-refractivity contribution in [2.24, 2.45) is 0 Å². The Bertz CT molecular complexity index is 402. The van der Waals surface area contributed by atoms with Gasteiger partial charge in [0.2, 0.25) is 0 Å². The number of rotatable bonds is 1. The predicted octanol–water partition coefficient (Wildman–Crippen LogP) is 2.42. The van der Waals surface area contributed by atoms with Gasteiger partial charge in [-0.2, -0.15) is 18.4 Å². The molecule has 1 aliphatic heterocycles. The van der Waals surface area contributed by atoms with E-state index in [0.29, 0.717) is 12.2 Å². The number of hydrogen-bond donors (Lipinski definition) is 0. The molecule has 1 aromatic carbocycles. The van der Waals surface area contributed by atoms with Gasteiger partial charge >= 0.3 is 6.18 Å². The van der Waals surface area contributed by atoms with Crippen LogP contribution in [0.1, 0.15) is 5.56 Å². The van der Waals surface area contributed by atoms with Gasteiger partial charge in [-0.25, -0.2) is 0 Å². The second-order valence-electron chi connectivity index (χ2n) is 3.34. The zero-order valence-electron chi connectivity index (χ0n) is 7.62. The second-order valence-corrected chi connectivity index (χ2v) is 3.34. The van der Waals surface area contributed by atoms with Gasteiger partial charge in [-0.3, -0.25) is 0 Å². The van der Waals surface area contributed by atoms with Gasteiger partial charge < -0.3 is 4.90 Å². The zero-order chi connectivity index (χ0) is 11.1. The summed E-state index contributed by atoms with van der Waals surface area (Å²) in [6.45, 7) is 0.599. The molecule has 1 heterocycles. The van der Waals surface area contributed by atoms with Crippen LogP contribution >= 0.6 is 0 Å². The van der Waals surface area contributed by atoms with Crippen LogP contribution in [0.5, 0.6) is 0 Å². The molecular weight excluding hydrogens is 205 g/mol. The molecule has 1 atom stereocenters. The van der Waals surface area contributed by atoms with Crippen LogP contribution in [0, 0.1) is 11.3 Å². The Kier molecular flexibility index (Phi) is 2.07. The highest BCUT2D eigenvalue weighted by molar-refractivity contribution is 5.57. The van der Waals surface area contributed by atoms with Gasteiger partial charge in [-0.05, 0) is 24.3 Å². The van der Waals surface area contributed by atoms with Crippen LogP contribution in [0.3, 0.4) is 0 Å². The van der Waals surface area contributed by atoms with Crippen molar-refractivity contribution in [2.45, 2.75) is 12.2 Å². The first-order valence-electron chi connectivity index (χ1n) is 4.36. The molecule has 0 N–H and O–H groups in total. The van der Waals surface area contributed by atoms with E-state index in [1.54, 1.807) is 4.90 Å². The van der Waals surface area contributed by atoms with Crippen molar-refractivity contribution < 1.29 is 13.2 Å². The average molecular weight is 212 g/mol. The van der Waals surface area contributed by atoms with Gasteiger partial charge in [-0.15, -0.1) is 0 Å². The Morgan fingerprint density at radius 1 is 1.27 bits per heavy atom. The summed E-state index contributed by atoms with van der Waals surface area (Å²) in [5.41, 5.74) is -0.00356. The average Bonchev–Trinajstić information content (AvgIpc) is 2.95. The Morgan fingerprint density at radius 3 is 2.27 bits per heavy atom. The third-order valence-electron chi connectivity index (χ3n) is 2.29. The quantitative estimate of drug-likeness (QED) is 0.668. The van der Waals surface area contributed by atoms with Gasteiger partial charge in [0.15, 0.2) is 0 Å². The zero-order valence-corrected chi connectivity index (χ0v) is 7.62. The number of alkyl halides is 3. The largest absolute Gasteiger partial charge is 0.416 e. The first-order valence-corrected chi connectivity index (χ1v) is 4.36. The van der Waals surface area contributed by atoms with Crippen LogP contribution < -0.4 is 4.90 Å². The maximum atomic E-state index is 12.2. The Morgan fingerprint density at radius 2 is 1.87 bits per heavy atom. The number of halogens is 3. The minimum Gasteiger partial charge on any atom is -0.351 e. The van der Waals surface area contributed by atoms with Gasteiger partial charge in [0.25, 0.3) is 0 Å². The summed E-state index contributed by atoms with van der Waals surface area (Å²) >= 11 is 0. The monoisotopic (exact) mass is 212 g/mol. The van der Waals surface area contributed by atoms with Crippen molar-refractivity contribution in [2.75, 3.05) is 11.4 Å². The number of benzene rings is 1. The Labute approximate surface area is 84.5 Å². The molecule has 15 heavy (non-hydrogen) atoms. The van der Waals surface area contributed by atoms with Crippen LogP contribution in [0.2, 0.25) is 0 Å². The fourth-order valence-electron chi connectivity index (χ4n) is 1.38. The van der Waals surface area contributed by atoms with Gasteiger partial charge in [0.05, 0.1) is 18.2 Å². The molecule has 2 nitrogen and oxygen atoms in total. The molecule has 1 aromatic rings. The fraction of sp³-hybridized carbons (Fsp3) is 0.300. The normalized spacial score (nSPS) is 19.9. The fourth-order valence-corrected chi connectivity index (χ4v) is 1.38. The van der Waals surface area contributed by atoms with E-state index in [9.17, 15) is 13.2 Å². The molecule has 2 rings (SSSR count). The maximum Gasteiger partial charge on any atom is 0.416 e. The molecule has 0 aliphatic carbocycles. The van der Waals surface area contributed by atoms with E-state index in [1.165, 1.54) is 12.1 Å². The summed E-state index contributed by atoms with van der Waals surface area (Å²) in [6.07, 6.45) is -4.30. The minimum atomic E-state index is -4.30. The van der Waals surface area contributed by atoms with Gasteiger partial charge in [-0.1, -0.05) is 0 Å². The summed E-state index contributed by atoms with van der Waals surface area (Å²) < 4.78 is 36.6. The molecule has 0 saturated carbocycles. The third-order valence-corrected chi connectivity index (χ3v) is 2.29. The highest BCUT2D eigenvalue weighted by atomic mass is 19.4. The molecule has 1 aliphatic rings. The van der Waals surface area contributed by atoms with Crippen LogP contribution in [0.4, 0.5) is 18.9 Å². The smallest absolute Gasteiger partial charge is 0.351 e. The lowest BCUT2D eigenvalue weighted by atomic mass is 10.2. The van der Waals surface area contributed by atoms with Crippen molar-refractivity contribution in [3.63, 3.8) is 0 Å². The van der Waals surface area contributed by atoms with Crippen molar-refractivity contribution in [1.82, 2.24) is 0 Å². The molecule has 78 valence electrons. The lowest BCUT2D eigenvalue weighted by molar-refractivity contribution is -0.137. The number of anilines is 1. The standard InChI is InChI=1S/C10H7F3N2/c11-10(12,13)7-1-3-8(4-2-7)15-6-9(15)5-14/h1-4,9H,6H2/t9-,15?/m0/s1. The van der Waals surface area contributed by atoms with Crippen molar-refractivity contribution >= 4 is 5.69 Å². The number of nitrogens with zero attached hydrogens (tertiary/aromatic N) is 2. The van der Waals surface area contributed by atoms with Crippen molar-refractivity contribution in [3.05, 3.63) is 29.8 Å². The number of hydrogen-bond acceptors (Lipinski definition) is 2. The molecule has 0 bridgehead atoms. The Hall–Kier alpha value is -1.70. The number of nitriles is 1. The van der Waals surface area contributed by atoms with E-state index in [4.69, 9.17) is 5.26 Å². The predicted molar refractivity (Wildman–Crippen MR) is 48.2 cm³/mol. The molecule has 0 aromatic heterocycles. The van der Waals surface area contributed by atoms with E-state index in [-0.39, 0.29) is 6.04 Å². The van der Waals surface area contributed by atoms with Crippen LogP contribution in [0.15, 0.2) is 24.3 Å². The summed E-state index contributed by atoms with van der Waals surface area (Å²) in [7, 11) is 0.